The maximum absolute atomic E-state index is 13.0. The molecule has 27 heavy (non-hydrogen) atoms. The second-order valence-corrected chi connectivity index (χ2v) is 7.64. The second-order valence-electron chi connectivity index (χ2n) is 6.72. The van der Waals surface area contributed by atoms with Gasteiger partial charge in [0, 0.05) is 16.5 Å². The Kier molecular flexibility index (Phi) is 7.42. The highest BCUT2D eigenvalue weighted by Gasteiger charge is 2.32. The summed E-state index contributed by atoms with van der Waals surface area (Å²) in [6.45, 7) is 4.03. The minimum atomic E-state index is -1.07. The monoisotopic (exact) mass is 433 g/mol. The molecule has 0 bridgehead atoms. The van der Waals surface area contributed by atoms with Gasteiger partial charge in [0.25, 0.3) is 0 Å². The Morgan fingerprint density at radius 1 is 1.11 bits per heavy atom. The van der Waals surface area contributed by atoms with Crippen LogP contribution in [0.4, 0.5) is 0 Å². The third-order valence-electron chi connectivity index (χ3n) is 4.17. The van der Waals surface area contributed by atoms with Gasteiger partial charge in [-0.3, -0.25) is 4.79 Å². The molecular formula is C21H24BrNO4. The number of hydrogen-bond donors (Lipinski definition) is 1. The number of carboxylic acids is 1. The number of benzene rings is 2. The summed E-state index contributed by atoms with van der Waals surface area (Å²) in [5.74, 6) is -0.521. The molecule has 0 spiro atoms. The molecule has 2 aromatic carbocycles. The quantitative estimate of drug-likeness (QED) is 0.657. The number of methoxy groups -OCH3 is 1. The molecule has 2 aromatic rings. The number of rotatable bonds is 8. The van der Waals surface area contributed by atoms with Crippen LogP contribution in [0, 0.1) is 5.92 Å². The molecule has 2 rings (SSSR count). The van der Waals surface area contributed by atoms with Crippen molar-refractivity contribution in [1.29, 1.82) is 0 Å². The summed E-state index contributed by atoms with van der Waals surface area (Å²) in [7, 11) is 1.56. The first kappa shape index (κ1) is 21.0. The lowest BCUT2D eigenvalue weighted by Gasteiger charge is -2.30. The summed E-state index contributed by atoms with van der Waals surface area (Å²) >= 11 is 3.36. The lowest BCUT2D eigenvalue weighted by Crippen LogP contribution is -2.39. The molecule has 5 nitrogen and oxygen atoms in total. The van der Waals surface area contributed by atoms with Gasteiger partial charge in [0.15, 0.2) is 6.04 Å². The predicted octanol–water partition coefficient (Wildman–Crippen LogP) is 4.66. The van der Waals surface area contributed by atoms with E-state index in [1.807, 2.05) is 32.0 Å². The Hall–Kier alpha value is -2.34. The number of hydrogen-bond acceptors (Lipinski definition) is 3. The Balaban J connectivity index is 2.47. The van der Waals surface area contributed by atoms with Gasteiger partial charge < -0.3 is 14.7 Å². The van der Waals surface area contributed by atoms with E-state index in [4.69, 9.17) is 4.74 Å². The van der Waals surface area contributed by atoms with Crippen LogP contribution in [0.5, 0.6) is 5.75 Å². The van der Waals surface area contributed by atoms with Crippen molar-refractivity contribution >= 4 is 27.8 Å². The van der Waals surface area contributed by atoms with E-state index in [0.29, 0.717) is 11.3 Å². The summed E-state index contributed by atoms with van der Waals surface area (Å²) < 4.78 is 6.22. The predicted molar refractivity (Wildman–Crippen MR) is 108 cm³/mol. The summed E-state index contributed by atoms with van der Waals surface area (Å²) in [5.41, 5.74) is 1.32. The standard InChI is InChI=1S/C21H24BrNO4/c1-14(2)12-19(24)23(13-16-6-4-5-7-18(16)27-3)20(21(25)26)15-8-10-17(22)11-9-15/h4-11,14,20H,12-13H2,1-3H3,(H,25,26). The average molecular weight is 434 g/mol. The Morgan fingerprint density at radius 2 is 1.74 bits per heavy atom. The smallest absolute Gasteiger partial charge is 0.331 e. The third-order valence-corrected chi connectivity index (χ3v) is 4.70. The SMILES string of the molecule is COc1ccccc1CN(C(=O)CC(C)C)C(C(=O)O)c1ccc(Br)cc1. The lowest BCUT2D eigenvalue weighted by atomic mass is 10.0. The van der Waals surface area contributed by atoms with Gasteiger partial charge in [-0.15, -0.1) is 0 Å². The summed E-state index contributed by atoms with van der Waals surface area (Å²) in [6.07, 6.45) is 0.273. The first-order valence-electron chi connectivity index (χ1n) is 8.73. The van der Waals surface area contributed by atoms with Gasteiger partial charge in [-0.2, -0.15) is 0 Å². The van der Waals surface area contributed by atoms with E-state index in [1.54, 1.807) is 37.4 Å². The molecule has 0 aliphatic carbocycles. The van der Waals surface area contributed by atoms with Crippen LogP contribution in [0.15, 0.2) is 53.0 Å². The number of aliphatic carboxylic acids is 1. The van der Waals surface area contributed by atoms with Crippen molar-refractivity contribution in [3.63, 3.8) is 0 Å². The van der Waals surface area contributed by atoms with E-state index < -0.39 is 12.0 Å². The van der Waals surface area contributed by atoms with Gasteiger partial charge in [0.05, 0.1) is 13.7 Å². The molecule has 0 aliphatic rings. The van der Waals surface area contributed by atoms with Crippen LogP contribution in [-0.2, 0) is 16.1 Å². The average Bonchev–Trinajstić information content (AvgIpc) is 2.62. The van der Waals surface area contributed by atoms with Crippen molar-refractivity contribution in [2.45, 2.75) is 32.9 Å². The Morgan fingerprint density at radius 3 is 2.30 bits per heavy atom. The highest BCUT2D eigenvalue weighted by atomic mass is 79.9. The lowest BCUT2D eigenvalue weighted by molar-refractivity contribution is -0.151. The number of nitrogens with zero attached hydrogens (tertiary/aromatic N) is 1. The topological polar surface area (TPSA) is 66.8 Å². The molecule has 6 heteroatoms. The molecule has 144 valence electrons. The zero-order valence-electron chi connectivity index (χ0n) is 15.7. The van der Waals surface area contributed by atoms with Gasteiger partial charge in [0.2, 0.25) is 5.91 Å². The number of carboxylic acid groups (broad SMARTS) is 1. The molecule has 1 N–H and O–H groups in total. The fourth-order valence-corrected chi connectivity index (χ4v) is 3.17. The highest BCUT2D eigenvalue weighted by Crippen LogP contribution is 2.29. The maximum Gasteiger partial charge on any atom is 0.331 e. The van der Waals surface area contributed by atoms with Gasteiger partial charge >= 0.3 is 5.97 Å². The number of para-hydroxylation sites is 1. The second kappa shape index (κ2) is 9.55. The van der Waals surface area contributed by atoms with Crippen molar-refractivity contribution in [2.75, 3.05) is 7.11 Å². The minimum absolute atomic E-state index is 0.122. The molecule has 1 unspecified atom stereocenters. The summed E-state index contributed by atoms with van der Waals surface area (Å²) in [5, 5.41) is 9.92. The molecule has 0 aliphatic heterocycles. The molecule has 0 heterocycles. The molecule has 0 saturated carbocycles. The van der Waals surface area contributed by atoms with Gasteiger partial charge in [0.1, 0.15) is 5.75 Å². The van der Waals surface area contributed by atoms with E-state index in [0.717, 1.165) is 10.0 Å². The van der Waals surface area contributed by atoms with Gasteiger partial charge in [-0.25, -0.2) is 4.79 Å². The van der Waals surface area contributed by atoms with E-state index in [2.05, 4.69) is 15.9 Å². The fourth-order valence-electron chi connectivity index (χ4n) is 2.91. The number of carbonyl (C=O) groups is 2. The molecule has 0 aromatic heterocycles. The van der Waals surface area contributed by atoms with Crippen LogP contribution in [0.3, 0.4) is 0 Å². The minimum Gasteiger partial charge on any atom is -0.496 e. The molecule has 0 saturated heterocycles. The molecule has 1 atom stereocenters. The largest absolute Gasteiger partial charge is 0.496 e. The van der Waals surface area contributed by atoms with Crippen LogP contribution in [-0.4, -0.2) is 29.0 Å². The van der Waals surface area contributed by atoms with Crippen molar-refractivity contribution in [2.24, 2.45) is 5.92 Å². The van der Waals surface area contributed by atoms with E-state index in [9.17, 15) is 14.7 Å². The Labute approximate surface area is 168 Å². The third kappa shape index (κ3) is 5.57. The van der Waals surface area contributed by atoms with Crippen LogP contribution in [0.1, 0.15) is 37.4 Å². The van der Waals surface area contributed by atoms with E-state index >= 15 is 0 Å². The fraction of sp³-hybridized carbons (Fsp3) is 0.333. The normalized spacial score (nSPS) is 11.9. The zero-order valence-corrected chi connectivity index (χ0v) is 17.3. The number of carbonyl (C=O) groups excluding carboxylic acids is 1. The van der Waals surface area contributed by atoms with E-state index in [-0.39, 0.29) is 24.8 Å². The molecule has 0 radical (unpaired) electrons. The zero-order chi connectivity index (χ0) is 20.0. The molecular weight excluding hydrogens is 410 g/mol. The van der Waals surface area contributed by atoms with Crippen molar-refractivity contribution < 1.29 is 19.4 Å². The number of amides is 1. The van der Waals surface area contributed by atoms with Crippen LogP contribution < -0.4 is 4.74 Å². The Bertz CT molecular complexity index is 789. The first-order chi connectivity index (χ1) is 12.8. The van der Waals surface area contributed by atoms with E-state index in [1.165, 1.54) is 4.90 Å². The van der Waals surface area contributed by atoms with Crippen LogP contribution in [0.2, 0.25) is 0 Å². The number of ether oxygens (including phenoxy) is 1. The van der Waals surface area contributed by atoms with Gasteiger partial charge in [-0.1, -0.05) is 60.1 Å². The maximum atomic E-state index is 13.0. The van der Waals surface area contributed by atoms with Gasteiger partial charge in [-0.05, 0) is 29.7 Å². The number of halogens is 1. The molecule has 0 fully saturated rings. The molecule has 1 amide bonds. The summed E-state index contributed by atoms with van der Waals surface area (Å²) in [4.78, 5) is 26.5. The van der Waals surface area contributed by atoms with Crippen LogP contribution in [0.25, 0.3) is 0 Å². The van der Waals surface area contributed by atoms with Crippen molar-refractivity contribution in [3.8, 4) is 5.75 Å². The van der Waals surface area contributed by atoms with Crippen molar-refractivity contribution in [1.82, 2.24) is 4.90 Å². The first-order valence-corrected chi connectivity index (χ1v) is 9.52. The van der Waals surface area contributed by atoms with Crippen molar-refractivity contribution in [3.05, 3.63) is 64.1 Å². The van der Waals surface area contributed by atoms with Crippen LogP contribution >= 0.6 is 15.9 Å². The summed E-state index contributed by atoms with van der Waals surface area (Å²) in [6, 6.07) is 13.3. The highest BCUT2D eigenvalue weighted by molar-refractivity contribution is 9.10.